The molecular formula is C10H20O4S2. The van der Waals surface area contributed by atoms with Gasteiger partial charge in [-0.2, -0.15) is 0 Å². The third kappa shape index (κ3) is 6.37. The molecule has 1 atom stereocenters. The van der Waals surface area contributed by atoms with Gasteiger partial charge in [-0.3, -0.25) is 4.79 Å². The number of rotatable bonds is 8. The maximum absolute atomic E-state index is 11.2. The second kappa shape index (κ2) is 7.17. The molecule has 0 saturated carbocycles. The summed E-state index contributed by atoms with van der Waals surface area (Å²) in [4.78, 5) is 10.8. The lowest BCUT2D eigenvalue weighted by atomic mass is 10.1. The molecule has 16 heavy (non-hydrogen) atoms. The molecule has 0 aromatic carbocycles. The number of carboxylic acids is 1. The van der Waals surface area contributed by atoms with E-state index >= 15 is 0 Å². The van der Waals surface area contributed by atoms with Crippen molar-refractivity contribution in [3.05, 3.63) is 0 Å². The molecule has 0 saturated heterocycles. The van der Waals surface area contributed by atoms with Crippen LogP contribution in [0.4, 0.5) is 0 Å². The summed E-state index contributed by atoms with van der Waals surface area (Å²) < 4.78 is 22.4. The van der Waals surface area contributed by atoms with Crippen LogP contribution in [0.2, 0.25) is 0 Å². The lowest BCUT2D eigenvalue weighted by molar-refractivity contribution is -0.137. The van der Waals surface area contributed by atoms with E-state index in [-0.39, 0.29) is 17.4 Å². The summed E-state index contributed by atoms with van der Waals surface area (Å²) in [5.41, 5.74) is 0. The Hall–Kier alpha value is -0.230. The van der Waals surface area contributed by atoms with Gasteiger partial charge >= 0.3 is 5.97 Å². The predicted molar refractivity (Wildman–Crippen MR) is 67.7 cm³/mol. The van der Waals surface area contributed by atoms with E-state index < -0.39 is 21.1 Å². The number of hydrogen-bond acceptors (Lipinski definition) is 4. The van der Waals surface area contributed by atoms with Crippen molar-refractivity contribution in [1.82, 2.24) is 0 Å². The number of sulfone groups is 1. The molecular weight excluding hydrogens is 248 g/mol. The monoisotopic (exact) mass is 268 g/mol. The zero-order valence-corrected chi connectivity index (χ0v) is 11.6. The molecule has 0 aliphatic carbocycles. The van der Waals surface area contributed by atoms with Crippen LogP contribution >= 0.6 is 11.8 Å². The van der Waals surface area contributed by atoms with Crippen LogP contribution in [0, 0.1) is 5.92 Å². The van der Waals surface area contributed by atoms with Gasteiger partial charge in [-0.15, -0.1) is 11.8 Å². The Morgan fingerprint density at radius 1 is 1.38 bits per heavy atom. The van der Waals surface area contributed by atoms with Crippen molar-refractivity contribution in [3.8, 4) is 0 Å². The van der Waals surface area contributed by atoms with Gasteiger partial charge < -0.3 is 5.11 Å². The van der Waals surface area contributed by atoms with Gasteiger partial charge in [0.1, 0.15) is 15.1 Å². The zero-order valence-electron chi connectivity index (χ0n) is 9.97. The van der Waals surface area contributed by atoms with Gasteiger partial charge in [0.15, 0.2) is 0 Å². The molecule has 96 valence electrons. The Morgan fingerprint density at radius 2 is 1.94 bits per heavy atom. The van der Waals surface area contributed by atoms with Crippen molar-refractivity contribution < 1.29 is 18.3 Å². The summed E-state index contributed by atoms with van der Waals surface area (Å²) in [6, 6.07) is 0. The first-order valence-corrected chi connectivity index (χ1v) is 8.22. The average molecular weight is 268 g/mol. The SMILES string of the molecule is CCS(=O)(=O)CCCSC(C(=O)O)C(C)C. The Kier molecular flexibility index (Phi) is 7.06. The van der Waals surface area contributed by atoms with E-state index in [1.54, 1.807) is 6.92 Å². The molecule has 0 aromatic rings. The van der Waals surface area contributed by atoms with Crippen LogP contribution in [-0.2, 0) is 14.6 Å². The van der Waals surface area contributed by atoms with Crippen LogP contribution in [0.25, 0.3) is 0 Å². The van der Waals surface area contributed by atoms with Crippen molar-refractivity contribution in [2.24, 2.45) is 5.92 Å². The average Bonchev–Trinajstić information content (AvgIpc) is 2.16. The molecule has 6 heteroatoms. The van der Waals surface area contributed by atoms with Crippen molar-refractivity contribution in [2.75, 3.05) is 17.3 Å². The van der Waals surface area contributed by atoms with Gasteiger partial charge in [0.05, 0.1) is 5.75 Å². The van der Waals surface area contributed by atoms with E-state index in [9.17, 15) is 13.2 Å². The Balaban J connectivity index is 3.93. The molecule has 0 aromatic heterocycles. The molecule has 0 aliphatic rings. The molecule has 1 unspecified atom stereocenters. The van der Waals surface area contributed by atoms with E-state index in [4.69, 9.17) is 5.11 Å². The number of hydrogen-bond donors (Lipinski definition) is 1. The minimum absolute atomic E-state index is 0.0604. The molecule has 4 nitrogen and oxygen atoms in total. The van der Waals surface area contributed by atoms with Crippen molar-refractivity contribution in [2.45, 2.75) is 32.4 Å². The van der Waals surface area contributed by atoms with Crippen LogP contribution in [0.15, 0.2) is 0 Å². The van der Waals surface area contributed by atoms with Gasteiger partial charge in [-0.05, 0) is 18.1 Å². The van der Waals surface area contributed by atoms with Crippen LogP contribution in [0.1, 0.15) is 27.2 Å². The minimum atomic E-state index is -2.92. The van der Waals surface area contributed by atoms with Gasteiger partial charge in [0.25, 0.3) is 0 Å². The van der Waals surface area contributed by atoms with E-state index in [0.717, 1.165) is 0 Å². The van der Waals surface area contributed by atoms with Gasteiger partial charge in [-0.25, -0.2) is 8.42 Å². The lowest BCUT2D eigenvalue weighted by Crippen LogP contribution is -2.23. The summed E-state index contributed by atoms with van der Waals surface area (Å²) in [6.45, 7) is 5.33. The highest BCUT2D eigenvalue weighted by molar-refractivity contribution is 8.00. The molecule has 0 bridgehead atoms. The summed E-state index contributed by atoms with van der Waals surface area (Å²) in [6.07, 6.45) is 0.525. The fourth-order valence-corrected chi connectivity index (χ4v) is 3.33. The molecule has 0 fully saturated rings. The van der Waals surface area contributed by atoms with Crippen LogP contribution in [0.3, 0.4) is 0 Å². The maximum atomic E-state index is 11.2. The molecule has 0 heterocycles. The Labute approximate surface area is 102 Å². The molecule has 0 radical (unpaired) electrons. The normalized spacial score (nSPS) is 14.0. The smallest absolute Gasteiger partial charge is 0.316 e. The maximum Gasteiger partial charge on any atom is 0.316 e. The first kappa shape index (κ1) is 15.8. The Bertz CT molecular complexity index is 309. The second-order valence-corrected chi connectivity index (χ2v) is 7.69. The van der Waals surface area contributed by atoms with Crippen molar-refractivity contribution >= 4 is 27.6 Å². The number of carboxylic acid groups (broad SMARTS) is 1. The summed E-state index contributed by atoms with van der Waals surface area (Å²) in [7, 11) is -2.92. The van der Waals surface area contributed by atoms with Gasteiger partial charge in [0, 0.05) is 5.75 Å². The molecule has 0 amide bonds. The summed E-state index contributed by atoms with van der Waals surface area (Å²) in [5, 5.41) is 8.47. The standard InChI is InChI=1S/C10H20O4S2/c1-4-16(13,14)7-5-6-15-9(8(2)3)10(11)12/h8-9H,4-7H2,1-3H3,(H,11,12). The molecule has 1 N–H and O–H groups in total. The van der Waals surface area contributed by atoms with E-state index in [1.807, 2.05) is 13.8 Å². The third-order valence-electron chi connectivity index (χ3n) is 2.19. The van der Waals surface area contributed by atoms with E-state index in [2.05, 4.69) is 0 Å². The van der Waals surface area contributed by atoms with Crippen molar-refractivity contribution in [1.29, 1.82) is 0 Å². The molecule has 0 spiro atoms. The topological polar surface area (TPSA) is 71.4 Å². The van der Waals surface area contributed by atoms with E-state index in [1.165, 1.54) is 11.8 Å². The fourth-order valence-electron chi connectivity index (χ4n) is 1.18. The minimum Gasteiger partial charge on any atom is -0.480 e. The molecule has 0 rings (SSSR count). The number of thioether (sulfide) groups is 1. The third-order valence-corrected chi connectivity index (χ3v) is 5.61. The van der Waals surface area contributed by atoms with E-state index in [0.29, 0.717) is 12.2 Å². The number of carbonyl (C=O) groups is 1. The van der Waals surface area contributed by atoms with Crippen LogP contribution in [0.5, 0.6) is 0 Å². The van der Waals surface area contributed by atoms with Gasteiger partial charge in [-0.1, -0.05) is 20.8 Å². The highest BCUT2D eigenvalue weighted by atomic mass is 32.2. The number of aliphatic carboxylic acids is 1. The fraction of sp³-hybridized carbons (Fsp3) is 0.900. The Morgan fingerprint density at radius 3 is 2.31 bits per heavy atom. The first-order valence-electron chi connectivity index (χ1n) is 5.35. The lowest BCUT2D eigenvalue weighted by Gasteiger charge is -2.15. The highest BCUT2D eigenvalue weighted by Crippen LogP contribution is 2.20. The van der Waals surface area contributed by atoms with Crippen molar-refractivity contribution in [3.63, 3.8) is 0 Å². The first-order chi connectivity index (χ1) is 7.30. The largest absolute Gasteiger partial charge is 0.480 e. The predicted octanol–water partition coefficient (Wildman–Crippen LogP) is 1.65. The zero-order chi connectivity index (χ0) is 12.8. The second-order valence-electron chi connectivity index (χ2n) is 3.96. The van der Waals surface area contributed by atoms with Crippen LogP contribution < -0.4 is 0 Å². The van der Waals surface area contributed by atoms with Gasteiger partial charge in [0.2, 0.25) is 0 Å². The van der Waals surface area contributed by atoms with Crippen LogP contribution in [-0.4, -0.2) is 42.0 Å². The quantitative estimate of drug-likeness (QED) is 0.678. The highest BCUT2D eigenvalue weighted by Gasteiger charge is 2.21. The summed E-state index contributed by atoms with van der Waals surface area (Å²) >= 11 is 1.32. The molecule has 0 aliphatic heterocycles. The summed E-state index contributed by atoms with van der Waals surface area (Å²) in [5.74, 6) is 0.128.